The molecule has 1 aliphatic heterocycles. The van der Waals surface area contributed by atoms with Crippen molar-refractivity contribution in [1.29, 1.82) is 0 Å². The molecular formula is C22H19ClN2O. The molecule has 1 N–H and O–H groups in total. The molecule has 0 amide bonds. The molecule has 4 aromatic rings. The molecule has 0 spiro atoms. The number of nitrogens with one attached hydrogen (secondary N) is 1. The van der Waals surface area contributed by atoms with Crippen molar-refractivity contribution in [2.75, 3.05) is 0 Å². The first-order valence-electron chi connectivity index (χ1n) is 8.80. The molecular weight excluding hydrogens is 344 g/mol. The molecule has 5 rings (SSSR count). The normalized spacial score (nSPS) is 15.4. The molecule has 0 saturated heterocycles. The molecule has 26 heavy (non-hydrogen) atoms. The summed E-state index contributed by atoms with van der Waals surface area (Å²) in [5.41, 5.74) is 6.51. The lowest BCUT2D eigenvalue weighted by molar-refractivity contribution is 0.138. The Morgan fingerprint density at radius 3 is 2.77 bits per heavy atom. The number of pyridine rings is 1. The Balaban J connectivity index is 1.78. The van der Waals surface area contributed by atoms with Crippen LogP contribution in [0.1, 0.15) is 25.1 Å². The van der Waals surface area contributed by atoms with Gasteiger partial charge in [0.2, 0.25) is 0 Å². The predicted molar refractivity (Wildman–Crippen MR) is 107 cm³/mol. The Hall–Kier alpha value is -2.52. The minimum Gasteiger partial charge on any atom is -0.487 e. The van der Waals surface area contributed by atoms with Crippen LogP contribution in [0.3, 0.4) is 0 Å². The average Bonchev–Trinajstić information content (AvgIpc) is 3.10. The third-order valence-electron chi connectivity index (χ3n) is 5.16. The van der Waals surface area contributed by atoms with Gasteiger partial charge in [0.15, 0.2) is 0 Å². The van der Waals surface area contributed by atoms with E-state index in [4.69, 9.17) is 16.3 Å². The molecule has 130 valence electrons. The molecule has 0 saturated carbocycles. The summed E-state index contributed by atoms with van der Waals surface area (Å²) in [5, 5.41) is 3.02. The second-order valence-electron chi connectivity index (χ2n) is 7.68. The van der Waals surface area contributed by atoms with Gasteiger partial charge in [0, 0.05) is 34.0 Å². The Morgan fingerprint density at radius 1 is 1.08 bits per heavy atom. The van der Waals surface area contributed by atoms with Gasteiger partial charge in [0.1, 0.15) is 11.4 Å². The van der Waals surface area contributed by atoms with Crippen LogP contribution in [0.2, 0.25) is 5.02 Å². The number of nitrogens with zero attached hydrogens (tertiary/aromatic N) is 1. The Labute approximate surface area is 157 Å². The zero-order chi connectivity index (χ0) is 18.1. The molecule has 3 heterocycles. The summed E-state index contributed by atoms with van der Waals surface area (Å²) < 4.78 is 6.02. The maximum Gasteiger partial charge on any atom is 0.123 e. The van der Waals surface area contributed by atoms with Crippen molar-refractivity contribution in [3.05, 3.63) is 58.9 Å². The zero-order valence-corrected chi connectivity index (χ0v) is 15.7. The first-order chi connectivity index (χ1) is 12.4. The highest BCUT2D eigenvalue weighted by molar-refractivity contribution is 6.32. The summed E-state index contributed by atoms with van der Waals surface area (Å²) in [4.78, 5) is 7.98. The number of halogens is 1. The van der Waals surface area contributed by atoms with E-state index in [-0.39, 0.29) is 5.60 Å². The van der Waals surface area contributed by atoms with E-state index in [2.05, 4.69) is 42.0 Å². The van der Waals surface area contributed by atoms with Gasteiger partial charge >= 0.3 is 0 Å². The highest BCUT2D eigenvalue weighted by Gasteiger charge is 2.30. The summed E-state index contributed by atoms with van der Waals surface area (Å²) in [6, 6.07) is 12.5. The SMILES string of the molecule is Cc1nccc2c1[nH]c1c(-c3ccc4c(c3)CC(C)(C)O4)cc(Cl)cc12. The van der Waals surface area contributed by atoms with E-state index in [0.29, 0.717) is 0 Å². The molecule has 0 fully saturated rings. The van der Waals surface area contributed by atoms with E-state index in [1.165, 1.54) is 5.56 Å². The van der Waals surface area contributed by atoms with Crippen molar-refractivity contribution in [3.63, 3.8) is 0 Å². The summed E-state index contributed by atoms with van der Waals surface area (Å²) in [7, 11) is 0. The number of fused-ring (bicyclic) bond motifs is 4. The van der Waals surface area contributed by atoms with Crippen molar-refractivity contribution >= 4 is 33.4 Å². The van der Waals surface area contributed by atoms with Gasteiger partial charge < -0.3 is 9.72 Å². The van der Waals surface area contributed by atoms with E-state index in [1.807, 2.05) is 31.3 Å². The summed E-state index contributed by atoms with van der Waals surface area (Å²) in [6.45, 7) is 6.27. The van der Waals surface area contributed by atoms with E-state index >= 15 is 0 Å². The molecule has 4 heteroatoms. The molecule has 0 radical (unpaired) electrons. The van der Waals surface area contributed by atoms with Crippen LogP contribution in [0.15, 0.2) is 42.6 Å². The van der Waals surface area contributed by atoms with Crippen molar-refractivity contribution in [1.82, 2.24) is 9.97 Å². The molecule has 2 aromatic heterocycles. The number of aromatic nitrogens is 2. The van der Waals surface area contributed by atoms with Gasteiger partial charge in [0.25, 0.3) is 0 Å². The van der Waals surface area contributed by atoms with Crippen molar-refractivity contribution in [2.45, 2.75) is 32.8 Å². The summed E-state index contributed by atoms with van der Waals surface area (Å²) >= 11 is 6.48. The van der Waals surface area contributed by atoms with E-state index in [9.17, 15) is 0 Å². The van der Waals surface area contributed by atoms with E-state index < -0.39 is 0 Å². The average molecular weight is 363 g/mol. The number of aryl methyl sites for hydroxylation is 1. The standard InChI is InChI=1S/C22H19ClN2O/c1-12-20-16(6-7-24-12)18-10-15(23)9-17(21(18)25-20)13-4-5-19-14(8-13)11-22(2,3)26-19/h4-10,25H,11H2,1-3H3. The second kappa shape index (κ2) is 5.24. The Morgan fingerprint density at radius 2 is 1.92 bits per heavy atom. The number of H-pyrrole nitrogens is 1. The fourth-order valence-corrected chi connectivity index (χ4v) is 4.25. The Bertz CT molecular complexity index is 1190. The van der Waals surface area contributed by atoms with Gasteiger partial charge in [-0.1, -0.05) is 17.7 Å². The number of aromatic amines is 1. The molecule has 0 bridgehead atoms. The molecule has 2 aromatic carbocycles. The lowest BCUT2D eigenvalue weighted by Gasteiger charge is -2.16. The molecule has 1 aliphatic rings. The molecule has 0 unspecified atom stereocenters. The first kappa shape index (κ1) is 15.7. The van der Waals surface area contributed by atoms with Gasteiger partial charge in [0.05, 0.1) is 16.7 Å². The fraction of sp³-hybridized carbons (Fsp3) is 0.227. The summed E-state index contributed by atoms with van der Waals surface area (Å²) in [6.07, 6.45) is 2.76. The van der Waals surface area contributed by atoms with Gasteiger partial charge in [-0.3, -0.25) is 4.98 Å². The first-order valence-corrected chi connectivity index (χ1v) is 9.18. The number of benzene rings is 2. The lowest BCUT2D eigenvalue weighted by Crippen LogP contribution is -2.24. The number of hydrogen-bond donors (Lipinski definition) is 1. The van der Waals surface area contributed by atoms with Crippen LogP contribution in [-0.2, 0) is 6.42 Å². The number of rotatable bonds is 1. The van der Waals surface area contributed by atoms with Crippen molar-refractivity contribution in [3.8, 4) is 16.9 Å². The Kier molecular flexibility index (Phi) is 3.17. The largest absolute Gasteiger partial charge is 0.487 e. The quantitative estimate of drug-likeness (QED) is 0.447. The zero-order valence-electron chi connectivity index (χ0n) is 15.0. The van der Waals surface area contributed by atoms with Gasteiger partial charge in [-0.15, -0.1) is 0 Å². The van der Waals surface area contributed by atoms with Crippen LogP contribution in [-0.4, -0.2) is 15.6 Å². The number of hydrogen-bond acceptors (Lipinski definition) is 2. The predicted octanol–water partition coefficient (Wildman–Crippen LogP) is 6.06. The highest BCUT2D eigenvalue weighted by atomic mass is 35.5. The lowest BCUT2D eigenvalue weighted by atomic mass is 9.96. The van der Waals surface area contributed by atoms with E-state index in [1.54, 1.807) is 0 Å². The third-order valence-corrected chi connectivity index (χ3v) is 5.38. The third kappa shape index (κ3) is 2.31. The number of ether oxygens (including phenoxy) is 1. The van der Waals surface area contributed by atoms with Crippen LogP contribution in [0.5, 0.6) is 5.75 Å². The van der Waals surface area contributed by atoms with Gasteiger partial charge in [-0.2, -0.15) is 0 Å². The minimum absolute atomic E-state index is 0.144. The smallest absolute Gasteiger partial charge is 0.123 e. The molecule has 3 nitrogen and oxygen atoms in total. The monoisotopic (exact) mass is 362 g/mol. The fourth-order valence-electron chi connectivity index (χ4n) is 4.03. The maximum absolute atomic E-state index is 6.48. The van der Waals surface area contributed by atoms with Crippen LogP contribution >= 0.6 is 11.6 Å². The van der Waals surface area contributed by atoms with Crippen LogP contribution in [0, 0.1) is 6.92 Å². The van der Waals surface area contributed by atoms with Gasteiger partial charge in [-0.05, 0) is 62.2 Å². The second-order valence-corrected chi connectivity index (χ2v) is 8.12. The maximum atomic E-state index is 6.48. The van der Waals surface area contributed by atoms with Gasteiger partial charge in [-0.25, -0.2) is 0 Å². The van der Waals surface area contributed by atoms with Crippen molar-refractivity contribution < 1.29 is 4.74 Å². The van der Waals surface area contributed by atoms with Crippen LogP contribution < -0.4 is 4.74 Å². The molecule has 0 aliphatic carbocycles. The van der Waals surface area contributed by atoms with Crippen LogP contribution in [0.25, 0.3) is 32.9 Å². The minimum atomic E-state index is -0.144. The topological polar surface area (TPSA) is 37.9 Å². The highest BCUT2D eigenvalue weighted by Crippen LogP contribution is 2.40. The van der Waals surface area contributed by atoms with Crippen LogP contribution in [0.4, 0.5) is 0 Å². The van der Waals surface area contributed by atoms with E-state index in [0.717, 1.165) is 55.8 Å². The summed E-state index contributed by atoms with van der Waals surface area (Å²) in [5.74, 6) is 0.980. The van der Waals surface area contributed by atoms with Crippen molar-refractivity contribution in [2.24, 2.45) is 0 Å². The molecule has 0 atom stereocenters.